The van der Waals surface area contributed by atoms with Crippen LogP contribution in [0.5, 0.6) is 0 Å². The van der Waals surface area contributed by atoms with Gasteiger partial charge in [0.25, 0.3) is 10.0 Å². The number of hydrogen-bond acceptors (Lipinski definition) is 4. The molecule has 1 atom stereocenters. The Hall–Kier alpha value is -3.07. The van der Waals surface area contributed by atoms with E-state index in [9.17, 15) is 18.0 Å². The fourth-order valence-electron chi connectivity index (χ4n) is 4.19. The van der Waals surface area contributed by atoms with Crippen LogP contribution in [0.2, 0.25) is 10.0 Å². The zero-order chi connectivity index (χ0) is 28.7. The molecular formula is C29H33Cl2N3O4S. The number of carbonyl (C=O) groups excluding carboxylic acids is 2. The van der Waals surface area contributed by atoms with Crippen molar-refractivity contribution >= 4 is 50.7 Å². The Morgan fingerprint density at radius 2 is 1.59 bits per heavy atom. The summed E-state index contributed by atoms with van der Waals surface area (Å²) in [6.45, 7) is 6.69. The zero-order valence-corrected chi connectivity index (χ0v) is 24.7. The van der Waals surface area contributed by atoms with Crippen LogP contribution in [0, 0.1) is 6.92 Å². The quantitative estimate of drug-likeness (QED) is 0.305. The van der Waals surface area contributed by atoms with Crippen LogP contribution < -0.4 is 9.62 Å². The maximum Gasteiger partial charge on any atom is 0.264 e. The maximum atomic E-state index is 14.1. The SMILES string of the molecule is CC[C@H](C(=O)NC(C)C)N(Cc1ccccc1Cl)C(=O)CN(c1cc(Cl)ccc1C)S(=O)(=O)c1ccccc1. The smallest absolute Gasteiger partial charge is 0.264 e. The highest BCUT2D eigenvalue weighted by Gasteiger charge is 2.34. The fourth-order valence-corrected chi connectivity index (χ4v) is 6.05. The Kier molecular flexibility index (Phi) is 10.4. The number of sulfonamides is 1. The minimum absolute atomic E-state index is 0.0241. The molecule has 0 unspecified atom stereocenters. The van der Waals surface area contributed by atoms with E-state index in [1.807, 2.05) is 13.8 Å². The number of carbonyl (C=O) groups is 2. The lowest BCUT2D eigenvalue weighted by atomic mass is 10.1. The van der Waals surface area contributed by atoms with E-state index >= 15 is 0 Å². The molecular weight excluding hydrogens is 557 g/mol. The van der Waals surface area contributed by atoms with Crippen LogP contribution in [0.1, 0.15) is 38.3 Å². The molecule has 0 radical (unpaired) electrons. The molecule has 39 heavy (non-hydrogen) atoms. The summed E-state index contributed by atoms with van der Waals surface area (Å²) in [5.41, 5.74) is 1.53. The van der Waals surface area contributed by atoms with Gasteiger partial charge in [-0.2, -0.15) is 0 Å². The van der Waals surface area contributed by atoms with Gasteiger partial charge in [0.1, 0.15) is 12.6 Å². The van der Waals surface area contributed by atoms with Gasteiger partial charge in [-0.15, -0.1) is 0 Å². The van der Waals surface area contributed by atoms with Crippen LogP contribution in [-0.4, -0.2) is 43.8 Å². The molecule has 208 valence electrons. The molecule has 3 aromatic carbocycles. The van der Waals surface area contributed by atoms with Gasteiger partial charge in [-0.3, -0.25) is 13.9 Å². The van der Waals surface area contributed by atoms with E-state index in [4.69, 9.17) is 23.2 Å². The van der Waals surface area contributed by atoms with Crippen LogP contribution in [0.15, 0.2) is 77.7 Å². The Balaban J connectivity index is 2.11. The normalized spacial score (nSPS) is 12.2. The Morgan fingerprint density at radius 3 is 2.21 bits per heavy atom. The lowest BCUT2D eigenvalue weighted by molar-refractivity contribution is -0.140. The zero-order valence-electron chi connectivity index (χ0n) is 22.4. The average molecular weight is 591 g/mol. The third-order valence-corrected chi connectivity index (χ3v) is 8.54. The van der Waals surface area contributed by atoms with E-state index < -0.39 is 28.5 Å². The fraction of sp³-hybridized carbons (Fsp3) is 0.310. The standard InChI is InChI=1S/C29H33Cl2N3O4S/c1-5-26(29(36)32-20(2)3)33(18-22-11-9-10-14-25(22)31)28(35)19-34(27-17-23(30)16-15-21(27)4)39(37,38)24-12-7-6-8-13-24/h6-17,20,26H,5,18-19H2,1-4H3,(H,32,36)/t26-/m1/s1. The lowest BCUT2D eigenvalue weighted by Gasteiger charge is -2.34. The Morgan fingerprint density at radius 1 is 0.949 bits per heavy atom. The van der Waals surface area contributed by atoms with Crippen LogP contribution in [0.4, 0.5) is 5.69 Å². The second kappa shape index (κ2) is 13.3. The number of halogens is 2. The first-order chi connectivity index (χ1) is 18.4. The molecule has 3 aromatic rings. The number of anilines is 1. The molecule has 3 rings (SSSR count). The molecule has 10 heteroatoms. The van der Waals surface area contributed by atoms with Crippen LogP contribution in [0.25, 0.3) is 0 Å². The van der Waals surface area contributed by atoms with Gasteiger partial charge in [0.05, 0.1) is 10.6 Å². The lowest BCUT2D eigenvalue weighted by Crippen LogP contribution is -2.53. The summed E-state index contributed by atoms with van der Waals surface area (Å²) in [6.07, 6.45) is 0.316. The second-order valence-corrected chi connectivity index (χ2v) is 12.2. The van der Waals surface area contributed by atoms with Crippen molar-refractivity contribution in [3.8, 4) is 0 Å². The van der Waals surface area contributed by atoms with Crippen molar-refractivity contribution in [3.63, 3.8) is 0 Å². The van der Waals surface area contributed by atoms with Crippen molar-refractivity contribution in [2.75, 3.05) is 10.8 Å². The first-order valence-corrected chi connectivity index (χ1v) is 14.8. The number of nitrogens with one attached hydrogen (secondary N) is 1. The Labute approximate surface area is 240 Å². The van der Waals surface area contributed by atoms with Gasteiger partial charge in [-0.05, 0) is 68.7 Å². The molecule has 0 spiro atoms. The molecule has 7 nitrogen and oxygen atoms in total. The molecule has 1 N–H and O–H groups in total. The third-order valence-electron chi connectivity index (χ3n) is 6.17. The van der Waals surface area contributed by atoms with Crippen molar-refractivity contribution in [2.45, 2.75) is 57.6 Å². The second-order valence-electron chi connectivity index (χ2n) is 9.46. The summed E-state index contributed by atoms with van der Waals surface area (Å²) in [5, 5.41) is 3.64. The molecule has 0 fully saturated rings. The molecule has 0 heterocycles. The minimum Gasteiger partial charge on any atom is -0.352 e. The average Bonchev–Trinajstić information content (AvgIpc) is 2.89. The molecule has 0 bridgehead atoms. The highest BCUT2D eigenvalue weighted by Crippen LogP contribution is 2.30. The van der Waals surface area contributed by atoms with Gasteiger partial charge in [0.2, 0.25) is 11.8 Å². The van der Waals surface area contributed by atoms with E-state index in [1.165, 1.54) is 23.1 Å². The summed E-state index contributed by atoms with van der Waals surface area (Å²) >= 11 is 12.7. The van der Waals surface area contributed by atoms with E-state index in [0.717, 1.165) is 4.31 Å². The first kappa shape index (κ1) is 30.5. The van der Waals surface area contributed by atoms with Gasteiger partial charge in [0, 0.05) is 22.6 Å². The molecule has 0 saturated carbocycles. The Bertz CT molecular complexity index is 1420. The van der Waals surface area contributed by atoms with Crippen LogP contribution in [-0.2, 0) is 26.2 Å². The van der Waals surface area contributed by atoms with E-state index in [0.29, 0.717) is 27.6 Å². The predicted molar refractivity (Wildman–Crippen MR) is 157 cm³/mol. The highest BCUT2D eigenvalue weighted by atomic mass is 35.5. The van der Waals surface area contributed by atoms with Crippen LogP contribution in [0.3, 0.4) is 0 Å². The summed E-state index contributed by atoms with van der Waals surface area (Å²) in [5.74, 6) is -0.885. The molecule has 0 aliphatic heterocycles. The van der Waals surface area contributed by atoms with Crippen molar-refractivity contribution in [3.05, 3.63) is 94.0 Å². The van der Waals surface area contributed by atoms with Crippen molar-refractivity contribution in [1.82, 2.24) is 10.2 Å². The number of rotatable bonds is 11. The predicted octanol–water partition coefficient (Wildman–Crippen LogP) is 5.83. The molecule has 0 saturated heterocycles. The van der Waals surface area contributed by atoms with Gasteiger partial charge in [-0.1, -0.05) is 72.6 Å². The van der Waals surface area contributed by atoms with E-state index in [-0.39, 0.29) is 29.1 Å². The highest BCUT2D eigenvalue weighted by molar-refractivity contribution is 7.92. The summed E-state index contributed by atoms with van der Waals surface area (Å²) in [4.78, 5) is 28.7. The van der Waals surface area contributed by atoms with Crippen molar-refractivity contribution in [2.24, 2.45) is 0 Å². The van der Waals surface area contributed by atoms with Crippen molar-refractivity contribution in [1.29, 1.82) is 0 Å². The molecule has 0 aliphatic rings. The number of amides is 2. The molecule has 0 aliphatic carbocycles. The van der Waals surface area contributed by atoms with Gasteiger partial charge < -0.3 is 10.2 Å². The van der Waals surface area contributed by atoms with Gasteiger partial charge in [0.15, 0.2) is 0 Å². The monoisotopic (exact) mass is 589 g/mol. The minimum atomic E-state index is -4.17. The van der Waals surface area contributed by atoms with E-state index in [2.05, 4.69) is 5.32 Å². The van der Waals surface area contributed by atoms with E-state index in [1.54, 1.807) is 68.4 Å². The maximum absolute atomic E-state index is 14.1. The molecule has 2 amide bonds. The number of benzene rings is 3. The number of nitrogens with zero attached hydrogens (tertiary/aromatic N) is 2. The summed E-state index contributed by atoms with van der Waals surface area (Å²) < 4.78 is 28.8. The number of aryl methyl sites for hydroxylation is 1. The largest absolute Gasteiger partial charge is 0.352 e. The topological polar surface area (TPSA) is 86.8 Å². The van der Waals surface area contributed by atoms with Crippen LogP contribution >= 0.6 is 23.2 Å². The summed E-state index contributed by atoms with van der Waals surface area (Å²) in [6, 6.07) is 18.8. The molecule has 0 aromatic heterocycles. The van der Waals surface area contributed by atoms with Gasteiger partial charge in [-0.25, -0.2) is 8.42 Å². The third kappa shape index (κ3) is 7.53. The summed E-state index contributed by atoms with van der Waals surface area (Å²) in [7, 11) is -4.17. The number of hydrogen-bond donors (Lipinski definition) is 1. The first-order valence-electron chi connectivity index (χ1n) is 12.6. The van der Waals surface area contributed by atoms with Crippen molar-refractivity contribution < 1.29 is 18.0 Å². The van der Waals surface area contributed by atoms with Gasteiger partial charge >= 0.3 is 0 Å².